The molecule has 0 bridgehead atoms. The van der Waals surface area contributed by atoms with Crippen molar-refractivity contribution in [2.45, 2.75) is 32.5 Å². The zero-order valence-corrected chi connectivity index (χ0v) is 21.8. The predicted molar refractivity (Wildman–Crippen MR) is 141 cm³/mol. The van der Waals surface area contributed by atoms with Gasteiger partial charge in [0.15, 0.2) is 5.78 Å². The lowest BCUT2D eigenvalue weighted by Gasteiger charge is -2.39. The maximum absolute atomic E-state index is 12.9. The molecule has 202 valence electrons. The van der Waals surface area contributed by atoms with Crippen molar-refractivity contribution in [2.24, 2.45) is 5.92 Å². The lowest BCUT2D eigenvalue weighted by Crippen LogP contribution is -2.51. The second-order valence-electron chi connectivity index (χ2n) is 9.72. The minimum Gasteiger partial charge on any atom is -0.457 e. The zero-order chi connectivity index (χ0) is 27.7. The Labute approximate surface area is 227 Å². The van der Waals surface area contributed by atoms with Crippen LogP contribution in [-0.4, -0.2) is 45.6 Å². The van der Waals surface area contributed by atoms with E-state index < -0.39 is 24.8 Å². The molecule has 1 aliphatic heterocycles. The van der Waals surface area contributed by atoms with Crippen LogP contribution in [0.4, 0.5) is 13.2 Å². The van der Waals surface area contributed by atoms with Gasteiger partial charge in [-0.05, 0) is 73.2 Å². The number of Topliss-reactive ketones (excluding diaryl/α,β-unsaturated/α-hetero) is 1. The number of nitrogens with zero attached hydrogens (tertiary/aromatic N) is 3. The van der Waals surface area contributed by atoms with Crippen molar-refractivity contribution in [3.63, 3.8) is 0 Å². The van der Waals surface area contributed by atoms with Crippen LogP contribution in [-0.2, 0) is 6.54 Å². The van der Waals surface area contributed by atoms with E-state index in [1.807, 2.05) is 6.20 Å². The number of carbonyl (C=O) groups is 2. The molecule has 0 spiro atoms. The quantitative estimate of drug-likeness (QED) is 0.218. The van der Waals surface area contributed by atoms with Gasteiger partial charge in [-0.15, -0.1) is 0 Å². The minimum atomic E-state index is -4.37. The van der Waals surface area contributed by atoms with Gasteiger partial charge in [0.25, 0.3) is 5.91 Å². The second kappa shape index (κ2) is 10.7. The summed E-state index contributed by atoms with van der Waals surface area (Å²) < 4.78 is 45.1. The van der Waals surface area contributed by atoms with E-state index >= 15 is 0 Å². The fourth-order valence-corrected chi connectivity index (χ4v) is 4.79. The van der Waals surface area contributed by atoms with Crippen LogP contribution in [0.15, 0.2) is 66.9 Å². The fraction of sp³-hybridized carbons (Fsp3) is 0.276. The van der Waals surface area contributed by atoms with E-state index in [4.69, 9.17) is 16.3 Å². The number of aryl methyl sites for hydroxylation is 1. The van der Waals surface area contributed by atoms with E-state index in [9.17, 15) is 22.8 Å². The predicted octanol–water partition coefficient (Wildman–Crippen LogP) is 7.09. The van der Waals surface area contributed by atoms with Crippen molar-refractivity contribution >= 4 is 34.2 Å². The van der Waals surface area contributed by atoms with Crippen molar-refractivity contribution in [2.75, 3.05) is 13.1 Å². The number of ether oxygens (including phenoxy) is 1. The number of halogens is 4. The van der Waals surface area contributed by atoms with Crippen LogP contribution in [0.5, 0.6) is 11.5 Å². The molecule has 10 heteroatoms. The standard InChI is InChI=1S/C29H25ClF3N3O3/c1-18-24(27(37)12-13-29(31,32)33)10-11-26-25(18)17-36(34-26)16-19-14-35(15-19)28(38)20-2-6-22(7-3-20)39-23-8-4-21(30)5-9-23/h2-11,17,19H,12-16H2,1H3. The molecule has 2 heterocycles. The highest BCUT2D eigenvalue weighted by Crippen LogP contribution is 2.28. The number of carbonyl (C=O) groups excluding carboxylic acids is 2. The molecule has 39 heavy (non-hydrogen) atoms. The van der Waals surface area contributed by atoms with Gasteiger partial charge in [-0.3, -0.25) is 14.3 Å². The van der Waals surface area contributed by atoms with E-state index in [1.54, 1.807) is 77.2 Å². The Hall–Kier alpha value is -3.85. The normalized spacial score (nSPS) is 13.9. The molecule has 0 N–H and O–H groups in total. The Bertz CT molecular complexity index is 1510. The van der Waals surface area contributed by atoms with Crippen molar-refractivity contribution in [1.29, 1.82) is 0 Å². The number of likely N-dealkylation sites (tertiary alicyclic amines) is 1. The molecule has 0 radical (unpaired) electrons. The van der Waals surface area contributed by atoms with Gasteiger partial charge in [0.2, 0.25) is 0 Å². The highest BCUT2D eigenvalue weighted by Gasteiger charge is 2.32. The van der Waals surface area contributed by atoms with Crippen LogP contribution >= 0.6 is 11.6 Å². The molecule has 1 fully saturated rings. The van der Waals surface area contributed by atoms with Gasteiger partial charge in [-0.1, -0.05) is 11.6 Å². The Morgan fingerprint density at radius 1 is 1.00 bits per heavy atom. The van der Waals surface area contributed by atoms with E-state index in [0.29, 0.717) is 52.8 Å². The van der Waals surface area contributed by atoms with Gasteiger partial charge < -0.3 is 9.64 Å². The molecule has 5 rings (SSSR count). The largest absolute Gasteiger partial charge is 0.457 e. The average Bonchev–Trinajstić information content (AvgIpc) is 3.29. The number of ketones is 1. The van der Waals surface area contributed by atoms with Crippen molar-refractivity contribution < 1.29 is 27.5 Å². The highest BCUT2D eigenvalue weighted by atomic mass is 35.5. The monoisotopic (exact) mass is 555 g/mol. The third-order valence-electron chi connectivity index (χ3n) is 6.78. The first-order valence-electron chi connectivity index (χ1n) is 12.5. The highest BCUT2D eigenvalue weighted by molar-refractivity contribution is 6.30. The van der Waals surface area contributed by atoms with Gasteiger partial charge >= 0.3 is 6.18 Å². The van der Waals surface area contributed by atoms with Gasteiger partial charge in [0.1, 0.15) is 11.5 Å². The number of alkyl halides is 3. The Morgan fingerprint density at radius 3 is 2.28 bits per heavy atom. The molecule has 0 atom stereocenters. The Morgan fingerprint density at radius 2 is 1.64 bits per heavy atom. The summed E-state index contributed by atoms with van der Waals surface area (Å²) in [7, 11) is 0. The molecule has 1 saturated heterocycles. The molecule has 1 amide bonds. The van der Waals surface area contributed by atoms with Gasteiger partial charge in [0.05, 0.1) is 11.9 Å². The van der Waals surface area contributed by atoms with E-state index in [0.717, 1.165) is 5.39 Å². The molecule has 0 unspecified atom stereocenters. The molecular formula is C29H25ClF3N3O3. The lowest BCUT2D eigenvalue weighted by atomic mass is 9.98. The first kappa shape index (κ1) is 26.7. The molecule has 4 aromatic rings. The molecule has 1 aliphatic rings. The first-order valence-corrected chi connectivity index (χ1v) is 12.8. The minimum absolute atomic E-state index is 0.0622. The number of hydrogen-bond acceptors (Lipinski definition) is 4. The van der Waals surface area contributed by atoms with Crippen LogP contribution in [0.3, 0.4) is 0 Å². The van der Waals surface area contributed by atoms with Gasteiger partial charge in [0, 0.05) is 59.7 Å². The van der Waals surface area contributed by atoms with E-state index in [2.05, 4.69) is 5.10 Å². The SMILES string of the molecule is Cc1c(C(=O)CCC(F)(F)F)ccc2nn(CC3CN(C(=O)c4ccc(Oc5ccc(Cl)cc5)cc4)C3)cc12. The van der Waals surface area contributed by atoms with Crippen molar-refractivity contribution in [1.82, 2.24) is 14.7 Å². The summed E-state index contributed by atoms with van der Waals surface area (Å²) in [6.07, 6.45) is -4.27. The number of amides is 1. The summed E-state index contributed by atoms with van der Waals surface area (Å²) in [5.41, 5.74) is 2.16. The number of aromatic nitrogens is 2. The van der Waals surface area contributed by atoms with E-state index in [-0.39, 0.29) is 17.4 Å². The summed E-state index contributed by atoms with van der Waals surface area (Å²) >= 11 is 5.89. The zero-order valence-electron chi connectivity index (χ0n) is 21.0. The molecule has 0 saturated carbocycles. The smallest absolute Gasteiger partial charge is 0.389 e. The summed E-state index contributed by atoms with van der Waals surface area (Å²) in [5, 5.41) is 5.92. The number of hydrogen-bond donors (Lipinski definition) is 0. The maximum atomic E-state index is 12.9. The third-order valence-corrected chi connectivity index (χ3v) is 7.03. The fourth-order valence-electron chi connectivity index (χ4n) is 4.67. The van der Waals surface area contributed by atoms with Crippen molar-refractivity contribution in [3.05, 3.63) is 88.6 Å². The van der Waals surface area contributed by atoms with Crippen LogP contribution in [0.1, 0.15) is 39.1 Å². The topological polar surface area (TPSA) is 64.4 Å². The van der Waals surface area contributed by atoms with Gasteiger partial charge in [-0.2, -0.15) is 18.3 Å². The van der Waals surface area contributed by atoms with Crippen molar-refractivity contribution in [3.8, 4) is 11.5 Å². The van der Waals surface area contributed by atoms with Gasteiger partial charge in [-0.25, -0.2) is 0 Å². The molecule has 0 aliphatic carbocycles. The molecule has 6 nitrogen and oxygen atoms in total. The van der Waals surface area contributed by atoms with Crippen LogP contribution < -0.4 is 4.74 Å². The van der Waals surface area contributed by atoms with Crippen LogP contribution in [0.25, 0.3) is 10.9 Å². The Kier molecular flexibility index (Phi) is 7.36. The summed E-state index contributed by atoms with van der Waals surface area (Å²) in [5.74, 6) is 0.880. The third kappa shape index (κ3) is 6.25. The molecule has 3 aromatic carbocycles. The summed E-state index contributed by atoms with van der Waals surface area (Å²) in [4.78, 5) is 27.0. The maximum Gasteiger partial charge on any atom is 0.389 e. The average molecular weight is 556 g/mol. The number of benzene rings is 3. The Balaban J connectivity index is 1.16. The second-order valence-corrected chi connectivity index (χ2v) is 10.2. The van der Waals surface area contributed by atoms with E-state index in [1.165, 1.54) is 0 Å². The molecular weight excluding hydrogens is 531 g/mol. The lowest BCUT2D eigenvalue weighted by molar-refractivity contribution is -0.133. The van der Waals surface area contributed by atoms with Crippen LogP contribution in [0, 0.1) is 12.8 Å². The number of fused-ring (bicyclic) bond motifs is 1. The summed E-state index contributed by atoms with van der Waals surface area (Å²) in [6.45, 7) is 3.48. The number of rotatable bonds is 8. The summed E-state index contributed by atoms with van der Waals surface area (Å²) in [6, 6.07) is 17.2. The van der Waals surface area contributed by atoms with Crippen LogP contribution in [0.2, 0.25) is 5.02 Å². The molecule has 1 aromatic heterocycles. The first-order chi connectivity index (χ1) is 18.6.